The minimum atomic E-state index is -0.149. The minimum Gasteiger partial charge on any atom is -0.488 e. The van der Waals surface area contributed by atoms with Crippen LogP contribution in [0.1, 0.15) is 20.8 Å². The first-order chi connectivity index (χ1) is 6.54. The molecule has 0 radical (unpaired) electrons. The first-order valence-electron chi connectivity index (χ1n) is 4.57. The van der Waals surface area contributed by atoms with Crippen LogP contribution in [-0.2, 0) is 0 Å². The van der Waals surface area contributed by atoms with Crippen molar-refractivity contribution in [3.8, 4) is 5.75 Å². The van der Waals surface area contributed by atoms with Gasteiger partial charge in [0.1, 0.15) is 11.4 Å². The molecule has 2 nitrogen and oxygen atoms in total. The van der Waals surface area contributed by atoms with Crippen LogP contribution in [0.4, 0.5) is 0 Å². The van der Waals surface area contributed by atoms with Gasteiger partial charge in [-0.2, -0.15) is 0 Å². The Kier molecular flexibility index (Phi) is 2.19. The first kappa shape index (κ1) is 9.46. The molecule has 0 aliphatic carbocycles. The van der Waals surface area contributed by atoms with Crippen LogP contribution in [-0.4, -0.2) is 10.6 Å². The van der Waals surface area contributed by atoms with Crippen molar-refractivity contribution in [3.63, 3.8) is 0 Å². The molecule has 0 amide bonds. The largest absolute Gasteiger partial charge is 0.488 e. The van der Waals surface area contributed by atoms with Gasteiger partial charge in [0, 0.05) is 6.07 Å². The lowest BCUT2D eigenvalue weighted by molar-refractivity contribution is 0.131. The standard InChI is InChI=1S/C11H13NOS/c1-11(2,3)13-8-4-5-10-9(6-8)12-7-14-10/h4-7H,1-3H3. The molecule has 0 unspecified atom stereocenters. The molecule has 1 aromatic heterocycles. The van der Waals surface area contributed by atoms with Crippen molar-refractivity contribution in [2.75, 3.05) is 0 Å². The van der Waals surface area contributed by atoms with Crippen molar-refractivity contribution in [1.29, 1.82) is 0 Å². The Hall–Kier alpha value is -1.09. The summed E-state index contributed by atoms with van der Waals surface area (Å²) in [6.07, 6.45) is 0. The predicted molar refractivity (Wildman–Crippen MR) is 60.0 cm³/mol. The Morgan fingerprint density at radius 3 is 2.79 bits per heavy atom. The maximum absolute atomic E-state index is 5.74. The average molecular weight is 207 g/mol. The number of thiazole rings is 1. The number of hydrogen-bond donors (Lipinski definition) is 0. The van der Waals surface area contributed by atoms with Gasteiger partial charge in [0.2, 0.25) is 0 Å². The molecule has 0 atom stereocenters. The van der Waals surface area contributed by atoms with Gasteiger partial charge in [0.15, 0.2) is 0 Å². The Bertz CT molecular complexity index is 442. The van der Waals surface area contributed by atoms with Gasteiger partial charge in [-0.3, -0.25) is 0 Å². The number of ether oxygens (including phenoxy) is 1. The van der Waals surface area contributed by atoms with Crippen LogP contribution in [0.25, 0.3) is 10.2 Å². The molecule has 0 aliphatic rings. The highest BCUT2D eigenvalue weighted by atomic mass is 32.1. The Morgan fingerprint density at radius 1 is 1.29 bits per heavy atom. The molecule has 2 aromatic rings. The molecule has 74 valence electrons. The number of fused-ring (bicyclic) bond motifs is 1. The molecule has 0 bridgehead atoms. The Balaban J connectivity index is 2.35. The van der Waals surface area contributed by atoms with E-state index in [4.69, 9.17) is 4.74 Å². The second-order valence-electron chi connectivity index (χ2n) is 4.20. The lowest BCUT2D eigenvalue weighted by Gasteiger charge is -2.20. The Labute approximate surface area is 87.5 Å². The van der Waals surface area contributed by atoms with Gasteiger partial charge in [-0.05, 0) is 32.9 Å². The fourth-order valence-electron chi connectivity index (χ4n) is 1.25. The number of rotatable bonds is 1. The van der Waals surface area contributed by atoms with E-state index in [1.807, 2.05) is 44.5 Å². The highest BCUT2D eigenvalue weighted by molar-refractivity contribution is 7.16. The molecule has 14 heavy (non-hydrogen) atoms. The van der Waals surface area contributed by atoms with Crippen LogP contribution >= 0.6 is 11.3 Å². The van der Waals surface area contributed by atoms with E-state index in [0.29, 0.717) is 0 Å². The SMILES string of the molecule is CC(C)(C)Oc1ccc2scnc2c1. The second kappa shape index (κ2) is 3.24. The van der Waals surface area contributed by atoms with E-state index < -0.39 is 0 Å². The monoisotopic (exact) mass is 207 g/mol. The molecule has 0 spiro atoms. The van der Waals surface area contributed by atoms with Crippen LogP contribution in [0, 0.1) is 0 Å². The van der Waals surface area contributed by atoms with Gasteiger partial charge in [-0.25, -0.2) is 4.98 Å². The van der Waals surface area contributed by atoms with Crippen molar-refractivity contribution in [2.24, 2.45) is 0 Å². The highest BCUT2D eigenvalue weighted by Crippen LogP contribution is 2.25. The Morgan fingerprint density at radius 2 is 2.07 bits per heavy atom. The lowest BCUT2D eigenvalue weighted by Crippen LogP contribution is -2.22. The lowest BCUT2D eigenvalue weighted by atomic mass is 10.2. The van der Waals surface area contributed by atoms with E-state index >= 15 is 0 Å². The summed E-state index contributed by atoms with van der Waals surface area (Å²) < 4.78 is 6.94. The fourth-order valence-corrected chi connectivity index (χ4v) is 1.91. The van der Waals surface area contributed by atoms with Crippen LogP contribution in [0.2, 0.25) is 0 Å². The van der Waals surface area contributed by atoms with E-state index in [0.717, 1.165) is 11.3 Å². The molecular weight excluding hydrogens is 194 g/mol. The summed E-state index contributed by atoms with van der Waals surface area (Å²) in [5.41, 5.74) is 2.71. The van der Waals surface area contributed by atoms with Gasteiger partial charge in [0.25, 0.3) is 0 Å². The topological polar surface area (TPSA) is 22.1 Å². The van der Waals surface area contributed by atoms with Crippen molar-refractivity contribution >= 4 is 21.6 Å². The number of hydrogen-bond acceptors (Lipinski definition) is 3. The highest BCUT2D eigenvalue weighted by Gasteiger charge is 2.11. The van der Waals surface area contributed by atoms with E-state index in [2.05, 4.69) is 4.98 Å². The molecule has 2 rings (SSSR count). The van der Waals surface area contributed by atoms with Gasteiger partial charge in [-0.15, -0.1) is 11.3 Å². The summed E-state index contributed by atoms with van der Waals surface area (Å²) in [5, 5.41) is 0. The van der Waals surface area contributed by atoms with Crippen LogP contribution in [0.3, 0.4) is 0 Å². The third-order valence-corrected chi connectivity index (χ3v) is 2.54. The van der Waals surface area contributed by atoms with Crippen molar-refractivity contribution in [2.45, 2.75) is 26.4 Å². The van der Waals surface area contributed by atoms with Crippen LogP contribution in [0.15, 0.2) is 23.7 Å². The molecule has 1 aromatic carbocycles. The van der Waals surface area contributed by atoms with Crippen molar-refractivity contribution < 1.29 is 4.74 Å². The van der Waals surface area contributed by atoms with Crippen LogP contribution in [0.5, 0.6) is 5.75 Å². The zero-order chi connectivity index (χ0) is 10.2. The third-order valence-electron chi connectivity index (χ3n) is 1.73. The summed E-state index contributed by atoms with van der Waals surface area (Å²) >= 11 is 1.65. The molecule has 1 heterocycles. The molecular formula is C11H13NOS. The molecule has 0 N–H and O–H groups in total. The summed E-state index contributed by atoms with van der Waals surface area (Å²) in [7, 11) is 0. The summed E-state index contributed by atoms with van der Waals surface area (Å²) in [6, 6.07) is 6.02. The van der Waals surface area contributed by atoms with Gasteiger partial charge in [0.05, 0.1) is 15.7 Å². The number of benzene rings is 1. The number of aromatic nitrogens is 1. The zero-order valence-corrected chi connectivity index (χ0v) is 9.39. The van der Waals surface area contributed by atoms with Crippen LogP contribution < -0.4 is 4.74 Å². The first-order valence-corrected chi connectivity index (χ1v) is 5.45. The molecule has 0 saturated heterocycles. The number of nitrogens with zero attached hydrogens (tertiary/aromatic N) is 1. The molecule has 3 heteroatoms. The molecule has 0 saturated carbocycles. The zero-order valence-electron chi connectivity index (χ0n) is 8.57. The van der Waals surface area contributed by atoms with E-state index in [-0.39, 0.29) is 5.60 Å². The minimum absolute atomic E-state index is 0.149. The van der Waals surface area contributed by atoms with Crippen molar-refractivity contribution in [1.82, 2.24) is 4.98 Å². The van der Waals surface area contributed by atoms with E-state index in [9.17, 15) is 0 Å². The molecule has 0 fully saturated rings. The predicted octanol–water partition coefficient (Wildman–Crippen LogP) is 3.47. The smallest absolute Gasteiger partial charge is 0.122 e. The van der Waals surface area contributed by atoms with Gasteiger partial charge in [-0.1, -0.05) is 0 Å². The second-order valence-corrected chi connectivity index (χ2v) is 5.08. The van der Waals surface area contributed by atoms with Gasteiger partial charge < -0.3 is 4.74 Å². The van der Waals surface area contributed by atoms with Gasteiger partial charge >= 0.3 is 0 Å². The molecule has 0 aliphatic heterocycles. The average Bonchev–Trinajstić information content (AvgIpc) is 2.47. The van der Waals surface area contributed by atoms with E-state index in [1.165, 1.54) is 4.70 Å². The quantitative estimate of drug-likeness (QED) is 0.714. The fraction of sp³-hybridized carbons (Fsp3) is 0.364. The summed E-state index contributed by atoms with van der Waals surface area (Å²) in [6.45, 7) is 6.12. The third kappa shape index (κ3) is 2.04. The normalized spacial score (nSPS) is 11.9. The maximum atomic E-state index is 5.74. The van der Waals surface area contributed by atoms with Crippen molar-refractivity contribution in [3.05, 3.63) is 23.7 Å². The summed E-state index contributed by atoms with van der Waals surface area (Å²) in [4.78, 5) is 4.25. The summed E-state index contributed by atoms with van der Waals surface area (Å²) in [5.74, 6) is 0.885. The van der Waals surface area contributed by atoms with E-state index in [1.54, 1.807) is 11.3 Å². The maximum Gasteiger partial charge on any atom is 0.122 e.